The minimum Gasteiger partial charge on any atom is -0.328 e. The SMILES string of the molecule is NC1CC(c2ccc(S(=O)(=O)CC(F)(F)F)cc2)C1. The van der Waals surface area contributed by atoms with Gasteiger partial charge >= 0.3 is 6.18 Å². The summed E-state index contributed by atoms with van der Waals surface area (Å²) in [4.78, 5) is -0.294. The summed E-state index contributed by atoms with van der Waals surface area (Å²) in [5.41, 5.74) is 6.58. The molecule has 2 N–H and O–H groups in total. The van der Waals surface area contributed by atoms with Gasteiger partial charge < -0.3 is 5.73 Å². The average molecular weight is 293 g/mol. The summed E-state index contributed by atoms with van der Waals surface area (Å²) in [6, 6.07) is 5.78. The third kappa shape index (κ3) is 3.48. The standard InChI is InChI=1S/C12H14F3NO2S/c13-12(14,15)7-19(17,18)11-3-1-8(2-4-11)9-5-10(16)6-9/h1-4,9-10H,5-7,16H2. The maximum absolute atomic E-state index is 12.2. The molecule has 0 spiro atoms. The Morgan fingerprint density at radius 3 is 2.11 bits per heavy atom. The van der Waals surface area contributed by atoms with Gasteiger partial charge in [-0.2, -0.15) is 13.2 Å². The number of rotatable bonds is 3. The zero-order valence-corrected chi connectivity index (χ0v) is 10.8. The van der Waals surface area contributed by atoms with E-state index >= 15 is 0 Å². The molecule has 2 rings (SSSR count). The van der Waals surface area contributed by atoms with Crippen molar-refractivity contribution in [1.82, 2.24) is 0 Å². The Hall–Kier alpha value is -1.08. The van der Waals surface area contributed by atoms with E-state index in [0.717, 1.165) is 18.4 Å². The number of halogens is 3. The van der Waals surface area contributed by atoms with Gasteiger partial charge in [0.05, 0.1) is 4.90 Å². The molecule has 0 aliphatic heterocycles. The maximum Gasteiger partial charge on any atom is 0.403 e. The zero-order chi connectivity index (χ0) is 14.3. The minimum absolute atomic E-state index is 0.165. The second-order valence-electron chi connectivity index (χ2n) is 4.87. The van der Waals surface area contributed by atoms with Crippen molar-refractivity contribution in [3.05, 3.63) is 29.8 Å². The van der Waals surface area contributed by atoms with Crippen LogP contribution in [0.2, 0.25) is 0 Å². The van der Waals surface area contributed by atoms with Crippen LogP contribution >= 0.6 is 0 Å². The number of alkyl halides is 3. The van der Waals surface area contributed by atoms with Crippen molar-refractivity contribution < 1.29 is 21.6 Å². The first-order valence-electron chi connectivity index (χ1n) is 5.82. The molecule has 0 atom stereocenters. The van der Waals surface area contributed by atoms with Crippen LogP contribution in [0.25, 0.3) is 0 Å². The number of hydrogen-bond acceptors (Lipinski definition) is 3. The summed E-state index contributed by atoms with van der Waals surface area (Å²) in [7, 11) is -4.31. The van der Waals surface area contributed by atoms with Crippen molar-refractivity contribution in [2.24, 2.45) is 5.73 Å². The Morgan fingerprint density at radius 2 is 1.68 bits per heavy atom. The molecule has 7 heteroatoms. The third-order valence-corrected chi connectivity index (χ3v) is 4.94. The average Bonchev–Trinajstić information content (AvgIpc) is 2.22. The molecule has 19 heavy (non-hydrogen) atoms. The van der Waals surface area contributed by atoms with E-state index in [1.807, 2.05) is 0 Å². The lowest BCUT2D eigenvalue weighted by Crippen LogP contribution is -2.34. The molecule has 106 valence electrons. The van der Waals surface area contributed by atoms with Crippen molar-refractivity contribution in [2.45, 2.75) is 35.9 Å². The lowest BCUT2D eigenvalue weighted by molar-refractivity contribution is -0.106. The van der Waals surface area contributed by atoms with Crippen LogP contribution in [0.3, 0.4) is 0 Å². The molecule has 1 aromatic rings. The van der Waals surface area contributed by atoms with Crippen molar-refractivity contribution in [1.29, 1.82) is 0 Å². The van der Waals surface area contributed by atoms with Crippen molar-refractivity contribution in [3.8, 4) is 0 Å². The molecule has 1 fully saturated rings. The predicted octanol–water partition coefficient (Wildman–Crippen LogP) is 2.23. The largest absolute Gasteiger partial charge is 0.403 e. The summed E-state index contributed by atoms with van der Waals surface area (Å²) in [6.07, 6.45) is -3.07. The number of hydrogen-bond donors (Lipinski definition) is 1. The Labute approximate surface area is 109 Å². The second-order valence-corrected chi connectivity index (χ2v) is 6.86. The van der Waals surface area contributed by atoms with E-state index in [0.29, 0.717) is 0 Å². The highest BCUT2D eigenvalue weighted by Gasteiger charge is 2.36. The van der Waals surface area contributed by atoms with Gasteiger partial charge in [-0.1, -0.05) is 12.1 Å². The lowest BCUT2D eigenvalue weighted by atomic mass is 9.76. The van der Waals surface area contributed by atoms with Gasteiger partial charge in [0.25, 0.3) is 0 Å². The van der Waals surface area contributed by atoms with Crippen molar-refractivity contribution >= 4 is 9.84 Å². The first kappa shape index (κ1) is 14.3. The number of nitrogens with two attached hydrogens (primary N) is 1. The highest BCUT2D eigenvalue weighted by Crippen LogP contribution is 2.36. The quantitative estimate of drug-likeness (QED) is 0.929. The highest BCUT2D eigenvalue weighted by atomic mass is 32.2. The van der Waals surface area contributed by atoms with Crippen LogP contribution in [0, 0.1) is 0 Å². The first-order valence-corrected chi connectivity index (χ1v) is 7.48. The van der Waals surface area contributed by atoms with E-state index in [9.17, 15) is 21.6 Å². The van der Waals surface area contributed by atoms with Gasteiger partial charge in [0.15, 0.2) is 15.6 Å². The van der Waals surface area contributed by atoms with E-state index in [-0.39, 0.29) is 16.9 Å². The molecular weight excluding hydrogens is 279 g/mol. The van der Waals surface area contributed by atoms with Crippen LogP contribution in [0.5, 0.6) is 0 Å². The zero-order valence-electron chi connectivity index (χ0n) is 10.0. The van der Waals surface area contributed by atoms with E-state index in [4.69, 9.17) is 5.73 Å². The molecule has 0 heterocycles. The van der Waals surface area contributed by atoms with Crippen LogP contribution in [0.4, 0.5) is 13.2 Å². The molecule has 0 saturated heterocycles. The third-order valence-electron chi connectivity index (χ3n) is 3.24. The molecule has 0 unspecified atom stereocenters. The molecule has 1 aliphatic rings. The fraction of sp³-hybridized carbons (Fsp3) is 0.500. The summed E-state index contributed by atoms with van der Waals surface area (Å²) >= 11 is 0. The van der Waals surface area contributed by atoms with Gasteiger partial charge in [-0.05, 0) is 36.5 Å². The summed E-state index contributed by atoms with van der Waals surface area (Å²) < 4.78 is 59.5. The van der Waals surface area contributed by atoms with Crippen LogP contribution in [-0.4, -0.2) is 26.4 Å². The van der Waals surface area contributed by atoms with Crippen molar-refractivity contribution in [3.63, 3.8) is 0 Å². The molecule has 0 radical (unpaired) electrons. The molecule has 0 amide bonds. The van der Waals surface area contributed by atoms with E-state index in [1.54, 1.807) is 12.1 Å². The highest BCUT2D eigenvalue weighted by molar-refractivity contribution is 7.91. The Kier molecular flexibility index (Phi) is 3.61. The Balaban J connectivity index is 2.14. The van der Waals surface area contributed by atoms with E-state index in [1.165, 1.54) is 12.1 Å². The summed E-state index contributed by atoms with van der Waals surface area (Å²) in [6.45, 7) is 0. The van der Waals surface area contributed by atoms with E-state index in [2.05, 4.69) is 0 Å². The van der Waals surface area contributed by atoms with E-state index < -0.39 is 21.8 Å². The second kappa shape index (κ2) is 4.79. The summed E-state index contributed by atoms with van der Waals surface area (Å²) in [5, 5.41) is 0. The van der Waals surface area contributed by atoms with Crippen LogP contribution in [0.15, 0.2) is 29.2 Å². The lowest BCUT2D eigenvalue weighted by Gasteiger charge is -2.32. The normalized spacial score (nSPS) is 24.0. The van der Waals surface area contributed by atoms with Crippen LogP contribution < -0.4 is 5.73 Å². The fourth-order valence-electron chi connectivity index (χ4n) is 2.18. The molecule has 1 saturated carbocycles. The van der Waals surface area contributed by atoms with Gasteiger partial charge in [0, 0.05) is 6.04 Å². The minimum atomic E-state index is -4.72. The Morgan fingerprint density at radius 1 is 1.16 bits per heavy atom. The monoisotopic (exact) mass is 293 g/mol. The molecule has 3 nitrogen and oxygen atoms in total. The Bertz CT molecular complexity index is 545. The van der Waals surface area contributed by atoms with Gasteiger partial charge in [0.2, 0.25) is 0 Å². The number of sulfone groups is 1. The van der Waals surface area contributed by atoms with Gasteiger partial charge in [-0.15, -0.1) is 0 Å². The van der Waals surface area contributed by atoms with Crippen molar-refractivity contribution in [2.75, 3.05) is 5.75 Å². The topological polar surface area (TPSA) is 60.2 Å². The van der Waals surface area contributed by atoms with Gasteiger partial charge in [0.1, 0.15) is 0 Å². The molecule has 1 aromatic carbocycles. The molecule has 0 bridgehead atoms. The predicted molar refractivity (Wildman–Crippen MR) is 64.5 cm³/mol. The van der Waals surface area contributed by atoms with Gasteiger partial charge in [-0.3, -0.25) is 0 Å². The fourth-order valence-corrected chi connectivity index (χ4v) is 3.33. The van der Waals surface area contributed by atoms with Gasteiger partial charge in [-0.25, -0.2) is 8.42 Å². The maximum atomic E-state index is 12.2. The summed E-state index contributed by atoms with van der Waals surface area (Å²) in [5.74, 6) is -1.54. The molecular formula is C12H14F3NO2S. The number of benzene rings is 1. The molecule has 0 aromatic heterocycles. The molecule has 1 aliphatic carbocycles. The van der Waals surface area contributed by atoms with Crippen LogP contribution in [0.1, 0.15) is 24.3 Å². The first-order chi connectivity index (χ1) is 8.67. The van der Waals surface area contributed by atoms with Crippen LogP contribution in [-0.2, 0) is 9.84 Å². The smallest absolute Gasteiger partial charge is 0.328 e.